The summed E-state index contributed by atoms with van der Waals surface area (Å²) in [5, 5.41) is 15.8. The van der Waals surface area contributed by atoms with Gasteiger partial charge in [0.15, 0.2) is 5.60 Å². The molecule has 1 N–H and O–H groups in total. The van der Waals surface area contributed by atoms with E-state index in [1.165, 1.54) is 11.3 Å². The molecule has 0 saturated heterocycles. The van der Waals surface area contributed by atoms with Gasteiger partial charge in [-0.3, -0.25) is 0 Å². The molecule has 0 fully saturated rings. The Balaban J connectivity index is 1.88. The summed E-state index contributed by atoms with van der Waals surface area (Å²) >= 11 is 11.1. The van der Waals surface area contributed by atoms with Crippen LogP contribution in [0.2, 0.25) is 5.02 Å². The van der Waals surface area contributed by atoms with Gasteiger partial charge in [-0.1, -0.05) is 29.8 Å². The number of pyridine rings is 1. The zero-order valence-electron chi connectivity index (χ0n) is 16.7. The quantitative estimate of drug-likeness (QED) is 0.342. The summed E-state index contributed by atoms with van der Waals surface area (Å²) in [6.07, 6.45) is 1.69. The van der Waals surface area contributed by atoms with Gasteiger partial charge in [-0.25, -0.2) is 9.97 Å². The number of fused-ring (bicyclic) bond motifs is 1. The topological polar surface area (TPSA) is 55.2 Å². The number of aliphatic hydroxyl groups is 1. The number of ether oxygens (including phenoxy) is 1. The Kier molecular flexibility index (Phi) is 5.62. The molecule has 0 saturated carbocycles. The molecule has 2 heterocycles. The maximum Gasteiger partial charge on any atom is 0.215 e. The molecule has 0 aliphatic carbocycles. The number of nitrogens with zero attached hydrogens (tertiary/aromatic N) is 2. The first-order valence-electron chi connectivity index (χ1n) is 9.35. The van der Waals surface area contributed by atoms with Crippen molar-refractivity contribution < 1.29 is 9.84 Å². The van der Waals surface area contributed by atoms with Crippen LogP contribution in [-0.2, 0) is 5.60 Å². The van der Waals surface area contributed by atoms with Crippen LogP contribution >= 0.6 is 38.9 Å². The summed E-state index contributed by atoms with van der Waals surface area (Å²) < 4.78 is 6.76. The van der Waals surface area contributed by atoms with Crippen LogP contribution in [-0.4, -0.2) is 20.7 Å². The fraction of sp³-hybridized carbons (Fsp3) is 0.217. The van der Waals surface area contributed by atoms with E-state index in [1.54, 1.807) is 18.3 Å². The highest BCUT2D eigenvalue weighted by molar-refractivity contribution is 9.10. The van der Waals surface area contributed by atoms with Gasteiger partial charge in [0.25, 0.3) is 0 Å². The zero-order chi connectivity index (χ0) is 21.5. The van der Waals surface area contributed by atoms with E-state index in [0.717, 1.165) is 15.4 Å². The van der Waals surface area contributed by atoms with E-state index in [0.29, 0.717) is 27.0 Å². The maximum atomic E-state index is 11.9. The Morgan fingerprint density at radius 3 is 2.37 bits per heavy atom. The number of benzene rings is 2. The lowest BCUT2D eigenvalue weighted by Gasteiger charge is -2.28. The van der Waals surface area contributed by atoms with Gasteiger partial charge < -0.3 is 9.84 Å². The Morgan fingerprint density at radius 1 is 1.03 bits per heavy atom. The van der Waals surface area contributed by atoms with Crippen molar-refractivity contribution >= 4 is 49.8 Å². The average Bonchev–Trinajstić information content (AvgIpc) is 3.22. The standard InChI is InChI=1S/C23H20BrClN2O2S/c1-22(2,3)29-20-13-18(24)17-12-15(6-9-19(17)27-20)23(28,21-26-10-11-30-21)14-4-7-16(25)8-5-14/h4-13,28H,1-3H3. The molecule has 2 aromatic heterocycles. The molecule has 4 rings (SSSR count). The normalized spacial score (nSPS) is 13.9. The monoisotopic (exact) mass is 502 g/mol. The lowest BCUT2D eigenvalue weighted by atomic mass is 9.86. The van der Waals surface area contributed by atoms with Crippen LogP contribution in [0.15, 0.2) is 64.6 Å². The number of thiazole rings is 1. The molecule has 0 amide bonds. The van der Waals surface area contributed by atoms with Crippen molar-refractivity contribution in [2.24, 2.45) is 0 Å². The van der Waals surface area contributed by atoms with Crippen molar-refractivity contribution in [1.29, 1.82) is 0 Å². The minimum Gasteiger partial charge on any atom is -0.472 e. The third-order valence-electron chi connectivity index (χ3n) is 4.57. The summed E-state index contributed by atoms with van der Waals surface area (Å²) in [6.45, 7) is 5.95. The van der Waals surface area contributed by atoms with Crippen LogP contribution in [0, 0.1) is 0 Å². The molecule has 2 aromatic carbocycles. The van der Waals surface area contributed by atoms with Gasteiger partial charge in [0.05, 0.1) is 5.52 Å². The van der Waals surface area contributed by atoms with Crippen LogP contribution < -0.4 is 4.74 Å². The van der Waals surface area contributed by atoms with E-state index in [9.17, 15) is 5.11 Å². The molecule has 0 spiro atoms. The molecule has 30 heavy (non-hydrogen) atoms. The van der Waals surface area contributed by atoms with Gasteiger partial charge in [-0.15, -0.1) is 11.3 Å². The molecule has 0 bridgehead atoms. The second-order valence-electron chi connectivity index (χ2n) is 7.94. The molecule has 7 heteroatoms. The lowest BCUT2D eigenvalue weighted by Crippen LogP contribution is -2.28. The van der Waals surface area contributed by atoms with Gasteiger partial charge in [0.1, 0.15) is 10.6 Å². The fourth-order valence-electron chi connectivity index (χ4n) is 3.26. The second-order valence-corrected chi connectivity index (χ2v) is 10.1. The minimum absolute atomic E-state index is 0.347. The summed E-state index contributed by atoms with van der Waals surface area (Å²) in [4.78, 5) is 9.04. The number of hydrogen-bond donors (Lipinski definition) is 1. The van der Waals surface area contributed by atoms with Gasteiger partial charge in [0.2, 0.25) is 5.88 Å². The number of halogens is 2. The summed E-state index contributed by atoms with van der Waals surface area (Å²) in [7, 11) is 0. The van der Waals surface area contributed by atoms with Crippen LogP contribution in [0.1, 0.15) is 36.9 Å². The SMILES string of the molecule is CC(C)(C)Oc1cc(Br)c2cc(C(O)(c3ccc(Cl)cc3)c3nccs3)ccc2n1. The Hall–Kier alpha value is -1.99. The van der Waals surface area contributed by atoms with Gasteiger partial charge in [-0.05, 0) is 72.1 Å². The first-order valence-corrected chi connectivity index (χ1v) is 11.4. The largest absolute Gasteiger partial charge is 0.472 e. The van der Waals surface area contributed by atoms with E-state index in [-0.39, 0.29) is 5.60 Å². The Morgan fingerprint density at radius 2 is 1.73 bits per heavy atom. The zero-order valence-corrected chi connectivity index (χ0v) is 19.8. The molecule has 1 atom stereocenters. The molecule has 4 nitrogen and oxygen atoms in total. The third kappa shape index (κ3) is 4.10. The molecule has 0 aliphatic heterocycles. The van der Waals surface area contributed by atoms with Gasteiger partial charge in [-0.2, -0.15) is 0 Å². The summed E-state index contributed by atoms with van der Waals surface area (Å²) in [5.41, 5.74) is 0.398. The first kappa shape index (κ1) is 21.2. The van der Waals surface area contributed by atoms with E-state index in [1.807, 2.05) is 62.5 Å². The third-order valence-corrected chi connectivity index (χ3v) is 6.36. The molecule has 4 aromatic rings. The van der Waals surface area contributed by atoms with Crippen molar-refractivity contribution in [1.82, 2.24) is 9.97 Å². The summed E-state index contributed by atoms with van der Waals surface area (Å²) in [5.74, 6) is 0.544. The maximum absolute atomic E-state index is 11.9. The predicted molar refractivity (Wildman–Crippen MR) is 125 cm³/mol. The van der Waals surface area contributed by atoms with Crippen molar-refractivity contribution in [2.75, 3.05) is 0 Å². The number of aromatic nitrogens is 2. The highest BCUT2D eigenvalue weighted by atomic mass is 79.9. The smallest absolute Gasteiger partial charge is 0.215 e. The van der Waals surface area contributed by atoms with Gasteiger partial charge in [0, 0.05) is 32.5 Å². The second kappa shape index (κ2) is 7.93. The highest BCUT2D eigenvalue weighted by Crippen LogP contribution is 2.40. The molecular weight excluding hydrogens is 484 g/mol. The Bertz CT molecular complexity index is 1190. The lowest BCUT2D eigenvalue weighted by molar-refractivity contribution is 0.124. The molecule has 0 radical (unpaired) electrons. The molecule has 154 valence electrons. The highest BCUT2D eigenvalue weighted by Gasteiger charge is 2.36. The number of rotatable bonds is 4. The Labute approximate surface area is 192 Å². The average molecular weight is 504 g/mol. The van der Waals surface area contributed by atoms with Crippen LogP contribution in [0.3, 0.4) is 0 Å². The first-order chi connectivity index (χ1) is 14.2. The van der Waals surface area contributed by atoms with Crippen molar-refractivity contribution in [3.8, 4) is 5.88 Å². The van der Waals surface area contributed by atoms with E-state index < -0.39 is 5.60 Å². The van der Waals surface area contributed by atoms with E-state index in [4.69, 9.17) is 16.3 Å². The predicted octanol–water partition coefficient (Wildman–Crippen LogP) is 6.57. The van der Waals surface area contributed by atoms with Crippen LogP contribution in [0.4, 0.5) is 0 Å². The van der Waals surface area contributed by atoms with Crippen molar-refractivity contribution in [3.63, 3.8) is 0 Å². The van der Waals surface area contributed by atoms with E-state index >= 15 is 0 Å². The van der Waals surface area contributed by atoms with Crippen molar-refractivity contribution in [2.45, 2.75) is 32.0 Å². The minimum atomic E-state index is -1.41. The van der Waals surface area contributed by atoms with Gasteiger partial charge >= 0.3 is 0 Å². The molecule has 1 unspecified atom stereocenters. The van der Waals surface area contributed by atoms with E-state index in [2.05, 4.69) is 25.9 Å². The van der Waals surface area contributed by atoms with Crippen LogP contribution in [0.5, 0.6) is 5.88 Å². The molecule has 0 aliphatic rings. The number of hydrogen-bond acceptors (Lipinski definition) is 5. The van der Waals surface area contributed by atoms with Crippen molar-refractivity contribution in [3.05, 3.63) is 85.7 Å². The fourth-order valence-corrected chi connectivity index (χ4v) is 4.68. The molecular formula is C23H20BrClN2O2S. The summed E-state index contributed by atoms with van der Waals surface area (Å²) in [6, 6.07) is 14.7. The van der Waals surface area contributed by atoms with Crippen LogP contribution in [0.25, 0.3) is 10.9 Å².